The second-order valence-corrected chi connectivity index (χ2v) is 8.63. The molecule has 2 nitrogen and oxygen atoms in total. The van der Waals surface area contributed by atoms with Crippen molar-refractivity contribution in [2.75, 3.05) is 6.61 Å². The van der Waals surface area contributed by atoms with E-state index in [0.717, 1.165) is 12.4 Å². The van der Waals surface area contributed by atoms with Crippen LogP contribution in [0, 0.1) is 6.92 Å². The van der Waals surface area contributed by atoms with Crippen LogP contribution in [-0.2, 0) is 15.4 Å². The van der Waals surface area contributed by atoms with Crippen LogP contribution in [0.1, 0.15) is 79.0 Å². The van der Waals surface area contributed by atoms with Gasteiger partial charge in [-0.15, -0.1) is 0 Å². The van der Waals surface area contributed by atoms with E-state index < -0.39 is 0 Å². The molecule has 0 aromatic heterocycles. The molecule has 3 heteroatoms. The predicted molar refractivity (Wildman–Crippen MR) is 106 cm³/mol. The summed E-state index contributed by atoms with van der Waals surface area (Å²) in [4.78, 5) is 0. The first-order valence-corrected chi connectivity index (χ1v) is 8.95. The molecule has 1 atom stereocenters. The fourth-order valence-electron chi connectivity index (χ4n) is 2.16. The summed E-state index contributed by atoms with van der Waals surface area (Å²) in [5, 5.41) is 0. The first-order valence-electron chi connectivity index (χ1n) is 8.48. The molecule has 0 bridgehead atoms. The van der Waals surface area contributed by atoms with Crippen LogP contribution in [0.25, 0.3) is 0 Å². The summed E-state index contributed by atoms with van der Waals surface area (Å²) in [5.74, 6) is 1.07. The average Bonchev–Trinajstić information content (AvgIpc) is 2.38. The molecule has 0 saturated carbocycles. The van der Waals surface area contributed by atoms with Crippen LogP contribution in [0.4, 0.5) is 0 Å². The maximum absolute atomic E-state index is 6.07. The number of rotatable bonds is 3. The Bertz CT molecular complexity index is 478. The lowest BCUT2D eigenvalue weighted by Gasteiger charge is -2.29. The van der Waals surface area contributed by atoms with E-state index in [-0.39, 0.29) is 16.9 Å². The summed E-state index contributed by atoms with van der Waals surface area (Å²) in [7, 11) is 2.16. The Morgan fingerprint density at radius 3 is 1.78 bits per heavy atom. The Kier molecular flexibility index (Phi) is 8.81. The minimum atomic E-state index is 0.0935. The molecule has 0 saturated heterocycles. The van der Waals surface area contributed by atoms with E-state index in [4.69, 9.17) is 4.74 Å². The molecule has 0 amide bonds. The van der Waals surface area contributed by atoms with Crippen molar-refractivity contribution >= 4 is 9.47 Å². The van der Waals surface area contributed by atoms with Crippen LogP contribution in [0.3, 0.4) is 0 Å². The van der Waals surface area contributed by atoms with Crippen molar-refractivity contribution in [2.45, 2.75) is 86.2 Å². The second kappa shape index (κ2) is 9.04. The topological polar surface area (TPSA) is 18.5 Å². The molecule has 1 unspecified atom stereocenters. The molecule has 0 radical (unpaired) electrons. The Morgan fingerprint density at radius 2 is 1.48 bits per heavy atom. The van der Waals surface area contributed by atoms with Gasteiger partial charge in [-0.05, 0) is 49.7 Å². The summed E-state index contributed by atoms with van der Waals surface area (Å²) in [6.45, 7) is 22.6. The Morgan fingerprint density at radius 1 is 1.00 bits per heavy atom. The summed E-state index contributed by atoms with van der Waals surface area (Å²) in [6, 6.07) is 4.59. The van der Waals surface area contributed by atoms with E-state index in [2.05, 4.69) is 88.4 Å². The molecule has 0 N–H and O–H groups in total. The van der Waals surface area contributed by atoms with Crippen LogP contribution in [-0.4, -0.2) is 12.7 Å². The third-order valence-corrected chi connectivity index (χ3v) is 3.80. The van der Waals surface area contributed by atoms with Crippen molar-refractivity contribution in [1.82, 2.24) is 0 Å². The van der Waals surface area contributed by atoms with Gasteiger partial charge in [0.2, 0.25) is 0 Å². The van der Waals surface area contributed by atoms with Gasteiger partial charge in [0.15, 0.2) is 0 Å². The normalized spacial score (nSPS) is 12.0. The fraction of sp³-hybridized carbons (Fsp3) is 0.700. The zero-order chi connectivity index (χ0) is 18.4. The zero-order valence-corrected chi connectivity index (χ0v) is 18.0. The number of hydrogen-bond donors (Lipinski definition) is 0. The summed E-state index contributed by atoms with van der Waals surface area (Å²) in [6.07, 6.45) is 0.209. The van der Waals surface area contributed by atoms with Crippen LogP contribution < -0.4 is 4.74 Å². The minimum Gasteiger partial charge on any atom is -0.490 e. The van der Waals surface area contributed by atoms with Gasteiger partial charge in [-0.3, -0.25) is 0 Å². The van der Waals surface area contributed by atoms with Crippen LogP contribution in [0.5, 0.6) is 5.75 Å². The largest absolute Gasteiger partial charge is 0.490 e. The van der Waals surface area contributed by atoms with Gasteiger partial charge >= 0.3 is 0 Å². The van der Waals surface area contributed by atoms with E-state index in [1.807, 2.05) is 6.92 Å². The number of aryl methyl sites for hydroxylation is 1. The van der Waals surface area contributed by atoms with Crippen LogP contribution >= 0.6 is 9.47 Å². The van der Waals surface area contributed by atoms with Gasteiger partial charge in [0.25, 0.3) is 0 Å². The van der Waals surface area contributed by atoms with E-state index in [1.165, 1.54) is 16.7 Å². The lowest BCUT2D eigenvalue weighted by Crippen LogP contribution is -2.20. The molecule has 23 heavy (non-hydrogen) atoms. The highest BCUT2D eigenvalue weighted by atomic mass is 31.0. The van der Waals surface area contributed by atoms with Gasteiger partial charge in [0.1, 0.15) is 5.75 Å². The first kappa shape index (κ1) is 22.4. The van der Waals surface area contributed by atoms with Gasteiger partial charge in [0.05, 0.1) is 6.10 Å². The zero-order valence-electron chi connectivity index (χ0n) is 16.8. The monoisotopic (exact) mass is 340 g/mol. The summed E-state index contributed by atoms with van der Waals surface area (Å²) in [5.41, 5.74) is 4.19. The van der Waals surface area contributed by atoms with Crippen molar-refractivity contribution in [3.05, 3.63) is 28.8 Å². The van der Waals surface area contributed by atoms with E-state index in [0.29, 0.717) is 0 Å². The van der Waals surface area contributed by atoms with Crippen LogP contribution in [0.2, 0.25) is 0 Å². The molecular weight excluding hydrogens is 303 g/mol. The highest BCUT2D eigenvalue weighted by molar-refractivity contribution is 7.09. The van der Waals surface area contributed by atoms with E-state index in [1.54, 1.807) is 0 Å². The van der Waals surface area contributed by atoms with Crippen molar-refractivity contribution in [2.24, 2.45) is 0 Å². The summed E-state index contributed by atoms with van der Waals surface area (Å²) < 4.78 is 10.5. The smallest absolute Gasteiger partial charge is 0.126 e. The molecule has 0 spiro atoms. The Balaban J connectivity index is 0.00000108. The third kappa shape index (κ3) is 7.68. The second-order valence-electron chi connectivity index (χ2n) is 8.29. The van der Waals surface area contributed by atoms with Crippen molar-refractivity contribution < 1.29 is 9.26 Å². The van der Waals surface area contributed by atoms with Gasteiger partial charge in [-0.1, -0.05) is 53.7 Å². The minimum absolute atomic E-state index is 0.0935. The first-order chi connectivity index (χ1) is 10.3. The van der Waals surface area contributed by atoms with Crippen molar-refractivity contribution in [3.63, 3.8) is 0 Å². The molecule has 0 aliphatic heterocycles. The highest BCUT2D eigenvalue weighted by Gasteiger charge is 2.25. The molecule has 134 valence electrons. The fourth-order valence-corrected chi connectivity index (χ4v) is 2.16. The predicted octanol–water partition coefficient (Wildman–Crippen LogP) is 6.19. The van der Waals surface area contributed by atoms with Gasteiger partial charge < -0.3 is 9.26 Å². The number of benzene rings is 1. The highest BCUT2D eigenvalue weighted by Crippen LogP contribution is 2.38. The molecule has 0 aliphatic carbocycles. The molecule has 1 aromatic carbocycles. The number of ether oxygens (including phenoxy) is 1. The maximum Gasteiger partial charge on any atom is 0.126 e. The van der Waals surface area contributed by atoms with Gasteiger partial charge in [-0.25, -0.2) is 0 Å². The average molecular weight is 340 g/mol. The van der Waals surface area contributed by atoms with Gasteiger partial charge in [-0.2, -0.15) is 0 Å². The molecular formula is C20H37O2P. The maximum atomic E-state index is 6.07. The molecule has 0 aliphatic rings. The van der Waals surface area contributed by atoms with E-state index >= 15 is 0 Å². The summed E-state index contributed by atoms with van der Waals surface area (Å²) >= 11 is 0. The van der Waals surface area contributed by atoms with Crippen LogP contribution in [0.15, 0.2) is 12.1 Å². The van der Waals surface area contributed by atoms with Gasteiger partial charge in [0, 0.05) is 21.6 Å². The molecule has 0 fully saturated rings. The quantitative estimate of drug-likeness (QED) is 0.611. The molecule has 1 rings (SSSR count). The van der Waals surface area contributed by atoms with Crippen molar-refractivity contribution in [3.8, 4) is 5.75 Å². The van der Waals surface area contributed by atoms with E-state index in [9.17, 15) is 0 Å². The molecule has 0 heterocycles. The number of hydrogen-bond acceptors (Lipinski definition) is 2. The SMILES string of the molecule is CCOP.Cc1cc(C(C)(C)C)cc(C(C)(C)C)c1OC(C)C. The molecule has 1 aromatic rings. The van der Waals surface area contributed by atoms with Crippen molar-refractivity contribution in [1.29, 1.82) is 0 Å². The standard InChI is InChI=1S/C18H30O.C2H7OP/c1-12(2)19-16-13(3)10-14(17(4,5)6)11-15(16)18(7,8)9;1-2-3-4/h10-12H,1-9H3;2,4H2,1H3. The lowest BCUT2D eigenvalue weighted by atomic mass is 9.79. The Hall–Kier alpha value is -0.590. The Labute approximate surface area is 146 Å². The lowest BCUT2D eigenvalue weighted by molar-refractivity contribution is 0.234. The third-order valence-electron chi connectivity index (χ3n) is 3.47.